The first-order valence-corrected chi connectivity index (χ1v) is 11.1. The first-order valence-electron chi connectivity index (χ1n) is 11.1. The predicted octanol–water partition coefficient (Wildman–Crippen LogP) is 7.23. The zero-order valence-electron chi connectivity index (χ0n) is 18.3. The Bertz CT molecular complexity index is 920. The molecule has 0 saturated heterocycles. The molecule has 4 rings (SSSR count). The van der Waals surface area contributed by atoms with Gasteiger partial charge in [-0.3, -0.25) is 0 Å². The topological polar surface area (TPSA) is 15.3 Å². The van der Waals surface area contributed by atoms with Crippen LogP contribution in [0.15, 0.2) is 18.2 Å². The number of benzene rings is 2. The van der Waals surface area contributed by atoms with Crippen molar-refractivity contribution in [3.05, 3.63) is 57.9 Å². The fraction of sp³-hybridized carbons (Fsp3) is 0.520. The minimum absolute atomic E-state index is 0.0122. The molecule has 0 bridgehead atoms. The molecule has 2 aromatic rings. The lowest BCUT2D eigenvalue weighted by Gasteiger charge is -2.28. The molecular formula is C25H31F3N2. The third-order valence-corrected chi connectivity index (χ3v) is 6.59. The summed E-state index contributed by atoms with van der Waals surface area (Å²) in [5.41, 5.74) is 3.47. The molecule has 5 heteroatoms. The van der Waals surface area contributed by atoms with Crippen LogP contribution in [0, 0.1) is 17.5 Å². The van der Waals surface area contributed by atoms with E-state index in [2.05, 4.69) is 45.1 Å². The standard InChI is InChI=1S/C25H31F3N2/c1-14(2)17-10-7-11-18(15(3)4)25(17)30-12-19-20(13-30)22(27)24(23(28)21(19)26)29-16-8-5-6-9-16/h7,10-11,14-16,29H,5-6,8-9,12-13H2,1-4H3. The van der Waals surface area contributed by atoms with Gasteiger partial charge in [-0.15, -0.1) is 0 Å². The van der Waals surface area contributed by atoms with Crippen LogP contribution in [0.5, 0.6) is 0 Å². The molecule has 0 radical (unpaired) electrons. The van der Waals surface area contributed by atoms with Crippen molar-refractivity contribution in [1.29, 1.82) is 0 Å². The normalized spacial score (nSPS) is 16.8. The molecule has 0 atom stereocenters. The molecule has 0 amide bonds. The second kappa shape index (κ2) is 8.16. The molecule has 2 aliphatic rings. The van der Waals surface area contributed by atoms with E-state index in [1.807, 2.05) is 11.0 Å². The highest BCUT2D eigenvalue weighted by Crippen LogP contribution is 2.42. The number of hydrogen-bond donors (Lipinski definition) is 1. The van der Waals surface area contributed by atoms with Crippen molar-refractivity contribution in [3.8, 4) is 0 Å². The first kappa shape index (κ1) is 21.1. The number of nitrogens with zero attached hydrogens (tertiary/aromatic N) is 1. The monoisotopic (exact) mass is 416 g/mol. The van der Waals surface area contributed by atoms with Crippen molar-refractivity contribution in [2.45, 2.75) is 84.3 Å². The Labute approximate surface area is 177 Å². The Morgan fingerprint density at radius 1 is 0.833 bits per heavy atom. The molecule has 30 heavy (non-hydrogen) atoms. The largest absolute Gasteiger partial charge is 0.377 e. The number of hydrogen-bond acceptors (Lipinski definition) is 2. The van der Waals surface area contributed by atoms with Gasteiger partial charge < -0.3 is 10.2 Å². The van der Waals surface area contributed by atoms with Crippen molar-refractivity contribution >= 4 is 11.4 Å². The van der Waals surface area contributed by atoms with Gasteiger partial charge in [-0.05, 0) is 35.8 Å². The smallest absolute Gasteiger partial charge is 0.185 e. The van der Waals surface area contributed by atoms with E-state index in [4.69, 9.17) is 0 Å². The minimum Gasteiger partial charge on any atom is -0.377 e. The lowest BCUT2D eigenvalue weighted by Crippen LogP contribution is -2.19. The molecule has 1 N–H and O–H groups in total. The Balaban J connectivity index is 1.75. The molecule has 2 nitrogen and oxygen atoms in total. The summed E-state index contributed by atoms with van der Waals surface area (Å²) in [5.74, 6) is -2.09. The Morgan fingerprint density at radius 2 is 1.37 bits per heavy atom. The summed E-state index contributed by atoms with van der Waals surface area (Å²) in [5, 5.41) is 2.95. The quantitative estimate of drug-likeness (QED) is 0.517. The SMILES string of the molecule is CC(C)c1cccc(C(C)C)c1N1Cc2c(F)c(F)c(NC3CCCC3)c(F)c2C1. The van der Waals surface area contributed by atoms with Crippen molar-refractivity contribution < 1.29 is 13.2 Å². The van der Waals surface area contributed by atoms with Gasteiger partial charge in [-0.2, -0.15) is 0 Å². The van der Waals surface area contributed by atoms with Crippen LogP contribution in [0.4, 0.5) is 24.5 Å². The van der Waals surface area contributed by atoms with Crippen LogP contribution in [-0.2, 0) is 13.1 Å². The highest BCUT2D eigenvalue weighted by Gasteiger charge is 2.34. The molecule has 1 aliphatic heterocycles. The summed E-state index contributed by atoms with van der Waals surface area (Å²) in [6, 6.07) is 6.21. The van der Waals surface area contributed by atoms with E-state index >= 15 is 8.78 Å². The van der Waals surface area contributed by atoms with Crippen LogP contribution in [-0.4, -0.2) is 6.04 Å². The van der Waals surface area contributed by atoms with Crippen LogP contribution in [0.1, 0.15) is 87.5 Å². The molecular weight excluding hydrogens is 385 g/mol. The summed E-state index contributed by atoms with van der Waals surface area (Å²) >= 11 is 0. The Morgan fingerprint density at radius 3 is 1.90 bits per heavy atom. The molecule has 1 aliphatic carbocycles. The maximum Gasteiger partial charge on any atom is 0.185 e. The molecule has 1 fully saturated rings. The van der Waals surface area contributed by atoms with Gasteiger partial charge in [0.15, 0.2) is 17.5 Å². The first-order chi connectivity index (χ1) is 14.3. The summed E-state index contributed by atoms with van der Waals surface area (Å²) in [6.07, 6.45) is 3.80. The lowest BCUT2D eigenvalue weighted by atomic mass is 9.92. The molecule has 1 heterocycles. The molecule has 2 aromatic carbocycles. The zero-order valence-corrected chi connectivity index (χ0v) is 18.3. The zero-order chi connectivity index (χ0) is 21.6. The lowest BCUT2D eigenvalue weighted by molar-refractivity contribution is 0.487. The van der Waals surface area contributed by atoms with Gasteiger partial charge >= 0.3 is 0 Å². The van der Waals surface area contributed by atoms with E-state index < -0.39 is 17.5 Å². The van der Waals surface area contributed by atoms with Crippen LogP contribution in [0.3, 0.4) is 0 Å². The van der Waals surface area contributed by atoms with Crippen molar-refractivity contribution in [2.75, 3.05) is 10.2 Å². The van der Waals surface area contributed by atoms with E-state index in [-0.39, 0.29) is 47.8 Å². The molecule has 0 spiro atoms. The summed E-state index contributed by atoms with van der Waals surface area (Å²) in [7, 11) is 0. The predicted molar refractivity (Wildman–Crippen MR) is 117 cm³/mol. The number of halogens is 3. The van der Waals surface area contributed by atoms with Gasteiger partial charge in [0.1, 0.15) is 5.69 Å². The third kappa shape index (κ3) is 3.57. The van der Waals surface area contributed by atoms with Crippen LogP contribution < -0.4 is 10.2 Å². The van der Waals surface area contributed by atoms with E-state index in [0.717, 1.165) is 42.5 Å². The van der Waals surface area contributed by atoms with Crippen molar-refractivity contribution in [2.24, 2.45) is 0 Å². The number of para-hydroxylation sites is 1. The van der Waals surface area contributed by atoms with Gasteiger partial charge in [-0.1, -0.05) is 58.7 Å². The summed E-state index contributed by atoms with van der Waals surface area (Å²) in [6.45, 7) is 8.92. The molecule has 0 unspecified atom stereocenters. The fourth-order valence-electron chi connectivity index (χ4n) is 4.96. The molecule has 162 valence electrons. The highest BCUT2D eigenvalue weighted by atomic mass is 19.2. The third-order valence-electron chi connectivity index (χ3n) is 6.59. The van der Waals surface area contributed by atoms with Gasteiger partial charge in [0, 0.05) is 35.9 Å². The van der Waals surface area contributed by atoms with Crippen molar-refractivity contribution in [3.63, 3.8) is 0 Å². The van der Waals surface area contributed by atoms with Crippen molar-refractivity contribution in [1.82, 2.24) is 0 Å². The number of fused-ring (bicyclic) bond motifs is 1. The van der Waals surface area contributed by atoms with Crippen LogP contribution >= 0.6 is 0 Å². The van der Waals surface area contributed by atoms with Gasteiger partial charge in [-0.25, -0.2) is 13.2 Å². The second-order valence-electron chi connectivity index (χ2n) is 9.35. The van der Waals surface area contributed by atoms with E-state index in [1.54, 1.807) is 0 Å². The second-order valence-corrected chi connectivity index (χ2v) is 9.35. The highest BCUT2D eigenvalue weighted by molar-refractivity contribution is 5.66. The fourth-order valence-corrected chi connectivity index (χ4v) is 4.96. The molecule has 1 saturated carbocycles. The van der Waals surface area contributed by atoms with E-state index in [0.29, 0.717) is 0 Å². The molecule has 0 aromatic heterocycles. The average Bonchev–Trinajstić information content (AvgIpc) is 3.39. The number of rotatable bonds is 5. The van der Waals surface area contributed by atoms with Crippen LogP contribution in [0.25, 0.3) is 0 Å². The van der Waals surface area contributed by atoms with E-state index in [1.165, 1.54) is 0 Å². The number of anilines is 2. The van der Waals surface area contributed by atoms with Gasteiger partial charge in [0.05, 0.1) is 0 Å². The van der Waals surface area contributed by atoms with Gasteiger partial charge in [0.2, 0.25) is 0 Å². The number of nitrogens with one attached hydrogen (secondary N) is 1. The van der Waals surface area contributed by atoms with Crippen LogP contribution in [0.2, 0.25) is 0 Å². The minimum atomic E-state index is -1.08. The Hall–Kier alpha value is -2.17. The maximum atomic E-state index is 15.4. The summed E-state index contributed by atoms with van der Waals surface area (Å²) in [4.78, 5) is 2.01. The summed E-state index contributed by atoms with van der Waals surface area (Å²) < 4.78 is 45.2. The van der Waals surface area contributed by atoms with E-state index in [9.17, 15) is 4.39 Å². The van der Waals surface area contributed by atoms with Gasteiger partial charge in [0.25, 0.3) is 0 Å². The maximum absolute atomic E-state index is 15.4. The Kier molecular flexibility index (Phi) is 5.73. The average molecular weight is 417 g/mol.